The van der Waals surface area contributed by atoms with Crippen molar-refractivity contribution in [1.29, 1.82) is 0 Å². The molecular formula is C35H21N3S. The number of thiophene rings is 1. The van der Waals surface area contributed by atoms with E-state index < -0.39 is 0 Å². The van der Waals surface area contributed by atoms with Gasteiger partial charge in [0, 0.05) is 48.3 Å². The number of rotatable bonds is 3. The van der Waals surface area contributed by atoms with E-state index in [1.807, 2.05) is 35.7 Å². The normalized spacial score (nSPS) is 11.6. The molecule has 0 fully saturated rings. The lowest BCUT2D eigenvalue weighted by Gasteiger charge is -2.13. The zero-order chi connectivity index (χ0) is 25.8. The molecule has 5 aromatic carbocycles. The highest BCUT2D eigenvalue weighted by molar-refractivity contribution is 7.26. The van der Waals surface area contributed by atoms with Crippen LogP contribution < -0.4 is 0 Å². The Morgan fingerprint density at radius 3 is 2.23 bits per heavy atom. The van der Waals surface area contributed by atoms with Crippen molar-refractivity contribution in [3.8, 4) is 33.8 Å². The summed E-state index contributed by atoms with van der Waals surface area (Å²) in [5.74, 6) is 0.729. The van der Waals surface area contributed by atoms with Crippen molar-refractivity contribution in [2.75, 3.05) is 0 Å². The Kier molecular flexibility index (Phi) is 5.00. The largest absolute Gasteiger partial charge is 0.256 e. The molecule has 0 aliphatic heterocycles. The summed E-state index contributed by atoms with van der Waals surface area (Å²) in [4.78, 5) is 15.1. The molecule has 0 N–H and O–H groups in total. The SMILES string of the molecule is c1ccc(-c2ccc(-c3nc(-c4cccc5cccnc45)c4ccccc4n3)c3sc4ccccc4c23)cc1. The fourth-order valence-corrected chi connectivity index (χ4v) is 6.80. The third-order valence-corrected chi connectivity index (χ3v) is 8.55. The minimum absolute atomic E-state index is 0.729. The van der Waals surface area contributed by atoms with Gasteiger partial charge in [-0.05, 0) is 35.4 Å². The van der Waals surface area contributed by atoms with Crippen molar-refractivity contribution < 1.29 is 0 Å². The van der Waals surface area contributed by atoms with Crippen LogP contribution in [0, 0.1) is 0 Å². The smallest absolute Gasteiger partial charge is 0.161 e. The van der Waals surface area contributed by atoms with Gasteiger partial charge in [0.15, 0.2) is 5.82 Å². The van der Waals surface area contributed by atoms with E-state index in [9.17, 15) is 0 Å². The van der Waals surface area contributed by atoms with Crippen molar-refractivity contribution in [2.45, 2.75) is 0 Å². The monoisotopic (exact) mass is 515 g/mol. The average Bonchev–Trinajstić information content (AvgIpc) is 3.40. The van der Waals surface area contributed by atoms with Crippen LogP contribution in [0.3, 0.4) is 0 Å². The Balaban J connectivity index is 1.46. The summed E-state index contributed by atoms with van der Waals surface area (Å²) >= 11 is 1.81. The number of hydrogen-bond acceptors (Lipinski definition) is 4. The number of nitrogens with zero attached hydrogens (tertiary/aromatic N) is 3. The molecule has 0 saturated carbocycles. The number of pyridine rings is 1. The van der Waals surface area contributed by atoms with Gasteiger partial charge in [-0.25, -0.2) is 9.97 Å². The van der Waals surface area contributed by atoms with E-state index in [0.29, 0.717) is 0 Å². The van der Waals surface area contributed by atoms with Crippen LogP contribution in [0.25, 0.3) is 75.8 Å². The van der Waals surface area contributed by atoms with E-state index in [4.69, 9.17) is 15.0 Å². The number of para-hydroxylation sites is 2. The molecule has 0 radical (unpaired) electrons. The summed E-state index contributed by atoms with van der Waals surface area (Å²) in [7, 11) is 0. The van der Waals surface area contributed by atoms with E-state index in [2.05, 4.69) is 103 Å². The lowest BCUT2D eigenvalue weighted by Crippen LogP contribution is -1.96. The Hall–Kier alpha value is -4.93. The number of hydrogen-bond donors (Lipinski definition) is 0. The molecule has 0 saturated heterocycles. The van der Waals surface area contributed by atoms with Gasteiger partial charge in [-0.1, -0.05) is 97.1 Å². The molecule has 0 aliphatic carbocycles. The molecule has 0 atom stereocenters. The molecule has 0 bridgehead atoms. The molecule has 0 spiro atoms. The summed E-state index contributed by atoms with van der Waals surface area (Å²) in [6.45, 7) is 0. The first-order chi connectivity index (χ1) is 19.3. The van der Waals surface area contributed by atoms with Crippen LogP contribution >= 0.6 is 11.3 Å². The molecule has 0 amide bonds. The van der Waals surface area contributed by atoms with Gasteiger partial charge < -0.3 is 0 Å². The third kappa shape index (κ3) is 3.53. The highest BCUT2D eigenvalue weighted by Gasteiger charge is 2.19. The maximum atomic E-state index is 5.27. The Morgan fingerprint density at radius 1 is 0.538 bits per heavy atom. The summed E-state index contributed by atoms with van der Waals surface area (Å²) in [6, 6.07) is 42.3. The molecule has 182 valence electrons. The molecule has 3 aromatic heterocycles. The van der Waals surface area contributed by atoms with Gasteiger partial charge in [-0.3, -0.25) is 4.98 Å². The topological polar surface area (TPSA) is 38.7 Å². The summed E-state index contributed by atoms with van der Waals surface area (Å²) in [5.41, 5.74) is 7.27. The molecule has 8 rings (SSSR count). The molecule has 0 unspecified atom stereocenters. The number of fused-ring (bicyclic) bond motifs is 5. The predicted molar refractivity (Wildman–Crippen MR) is 164 cm³/mol. The van der Waals surface area contributed by atoms with Crippen LogP contribution in [0.1, 0.15) is 0 Å². The van der Waals surface area contributed by atoms with E-state index in [1.165, 1.54) is 31.3 Å². The van der Waals surface area contributed by atoms with Gasteiger partial charge in [-0.2, -0.15) is 0 Å². The zero-order valence-electron chi connectivity index (χ0n) is 20.9. The van der Waals surface area contributed by atoms with Crippen molar-refractivity contribution in [3.63, 3.8) is 0 Å². The zero-order valence-corrected chi connectivity index (χ0v) is 21.7. The molecule has 39 heavy (non-hydrogen) atoms. The van der Waals surface area contributed by atoms with Crippen molar-refractivity contribution in [1.82, 2.24) is 15.0 Å². The standard InChI is InChI=1S/C35H21N3S/c1-2-10-22(11-3-1)24-19-20-28(34-31(24)26-15-5-7-18-30(26)39-34)35-37-29-17-6-4-14-25(29)33(38-35)27-16-8-12-23-13-9-21-36-32(23)27/h1-21H. The average molecular weight is 516 g/mol. The van der Waals surface area contributed by atoms with Crippen LogP contribution in [0.2, 0.25) is 0 Å². The van der Waals surface area contributed by atoms with Gasteiger partial charge in [0.2, 0.25) is 0 Å². The Bertz CT molecular complexity index is 2180. The van der Waals surface area contributed by atoms with Gasteiger partial charge in [-0.15, -0.1) is 11.3 Å². The second kappa shape index (κ2) is 8.83. The number of aromatic nitrogens is 3. The second-order valence-electron chi connectivity index (χ2n) is 9.62. The Morgan fingerprint density at radius 2 is 1.31 bits per heavy atom. The first-order valence-electron chi connectivity index (χ1n) is 13.0. The van der Waals surface area contributed by atoms with E-state index in [1.54, 1.807) is 0 Å². The third-order valence-electron chi connectivity index (χ3n) is 7.34. The van der Waals surface area contributed by atoms with Gasteiger partial charge in [0.1, 0.15) is 0 Å². The fourth-order valence-electron chi connectivity index (χ4n) is 5.56. The Labute approximate surface area is 229 Å². The van der Waals surface area contributed by atoms with Gasteiger partial charge in [0.05, 0.1) is 16.7 Å². The van der Waals surface area contributed by atoms with Crippen LogP contribution in [0.5, 0.6) is 0 Å². The van der Waals surface area contributed by atoms with Crippen LogP contribution in [-0.2, 0) is 0 Å². The first kappa shape index (κ1) is 22.1. The predicted octanol–water partition coefficient (Wildman–Crippen LogP) is 9.55. The van der Waals surface area contributed by atoms with E-state index in [-0.39, 0.29) is 0 Å². The summed E-state index contributed by atoms with van der Waals surface area (Å²) < 4.78 is 2.46. The summed E-state index contributed by atoms with van der Waals surface area (Å²) in [5, 5.41) is 4.63. The molecule has 3 heterocycles. The summed E-state index contributed by atoms with van der Waals surface area (Å²) in [6.07, 6.45) is 1.85. The quantitative estimate of drug-likeness (QED) is 0.235. The minimum atomic E-state index is 0.729. The fraction of sp³-hybridized carbons (Fsp3) is 0. The highest BCUT2D eigenvalue weighted by Crippen LogP contribution is 2.44. The lowest BCUT2D eigenvalue weighted by atomic mass is 9.97. The van der Waals surface area contributed by atoms with Crippen molar-refractivity contribution >= 4 is 53.3 Å². The van der Waals surface area contributed by atoms with Crippen LogP contribution in [-0.4, -0.2) is 15.0 Å². The second-order valence-corrected chi connectivity index (χ2v) is 10.7. The molecule has 8 aromatic rings. The van der Waals surface area contributed by atoms with Crippen LogP contribution in [0.15, 0.2) is 128 Å². The lowest BCUT2D eigenvalue weighted by molar-refractivity contribution is 1.23. The van der Waals surface area contributed by atoms with Crippen LogP contribution in [0.4, 0.5) is 0 Å². The molecule has 4 heteroatoms. The van der Waals surface area contributed by atoms with E-state index >= 15 is 0 Å². The maximum absolute atomic E-state index is 5.27. The van der Waals surface area contributed by atoms with Crippen molar-refractivity contribution in [3.05, 3.63) is 128 Å². The first-order valence-corrected chi connectivity index (χ1v) is 13.8. The van der Waals surface area contributed by atoms with Gasteiger partial charge in [0.25, 0.3) is 0 Å². The molecule has 0 aliphatic rings. The van der Waals surface area contributed by atoms with Gasteiger partial charge >= 0.3 is 0 Å². The maximum Gasteiger partial charge on any atom is 0.161 e. The van der Waals surface area contributed by atoms with Crippen molar-refractivity contribution in [2.24, 2.45) is 0 Å². The van der Waals surface area contributed by atoms with E-state index in [0.717, 1.165) is 44.5 Å². The number of benzene rings is 5. The minimum Gasteiger partial charge on any atom is -0.256 e. The highest BCUT2D eigenvalue weighted by atomic mass is 32.1. The molecule has 3 nitrogen and oxygen atoms in total. The molecular weight excluding hydrogens is 494 g/mol.